The molecule has 0 N–H and O–H groups in total. The van der Waals surface area contributed by atoms with Crippen molar-refractivity contribution in [2.75, 3.05) is 0 Å². The number of carbonyl (C=O) groups is 1. The van der Waals surface area contributed by atoms with Crippen LogP contribution in [0.25, 0.3) is 5.57 Å². The standard InChI is InChI=1S/C23H29NO2/c1-22-11-9-19-16(5-8-20-23(19,2)12-10-21(25)26-20)18(22)7-6-17(22)15-4-3-13-24-14-15/h3-4,6,13-14,16,18-20H,5,7-12H2,1-2H3. The third-order valence-electron chi connectivity index (χ3n) is 8.48. The highest BCUT2D eigenvalue weighted by Crippen LogP contribution is 2.65. The van der Waals surface area contributed by atoms with E-state index in [-0.39, 0.29) is 22.9 Å². The third-order valence-corrected chi connectivity index (χ3v) is 8.48. The van der Waals surface area contributed by atoms with Crippen LogP contribution in [0.3, 0.4) is 0 Å². The Labute approximate surface area is 156 Å². The van der Waals surface area contributed by atoms with E-state index in [1.165, 1.54) is 36.8 Å². The van der Waals surface area contributed by atoms with E-state index in [0.29, 0.717) is 12.3 Å². The lowest BCUT2D eigenvalue weighted by molar-refractivity contribution is -0.189. The Hall–Kier alpha value is -1.64. The molecule has 1 saturated heterocycles. The summed E-state index contributed by atoms with van der Waals surface area (Å²) in [4.78, 5) is 16.2. The lowest BCUT2D eigenvalue weighted by Gasteiger charge is -2.59. The van der Waals surface area contributed by atoms with Crippen molar-refractivity contribution in [3.63, 3.8) is 0 Å². The summed E-state index contributed by atoms with van der Waals surface area (Å²) >= 11 is 0. The second-order valence-electron chi connectivity index (χ2n) is 9.49. The highest BCUT2D eigenvalue weighted by atomic mass is 16.5. The van der Waals surface area contributed by atoms with Crippen LogP contribution in [-0.2, 0) is 9.53 Å². The molecule has 0 bridgehead atoms. The minimum atomic E-state index is 0.0213. The first-order valence-electron chi connectivity index (χ1n) is 10.3. The van der Waals surface area contributed by atoms with Crippen molar-refractivity contribution in [3.8, 4) is 0 Å². The summed E-state index contributed by atoms with van der Waals surface area (Å²) in [6.45, 7) is 4.91. The molecule has 0 aromatic carbocycles. The monoisotopic (exact) mass is 351 g/mol. The number of nitrogens with zero attached hydrogens (tertiary/aromatic N) is 1. The number of rotatable bonds is 1. The number of allylic oxidation sites excluding steroid dienone is 2. The number of hydrogen-bond acceptors (Lipinski definition) is 3. The Morgan fingerprint density at radius 3 is 2.85 bits per heavy atom. The molecule has 1 aliphatic heterocycles. The first-order valence-corrected chi connectivity index (χ1v) is 10.3. The van der Waals surface area contributed by atoms with Gasteiger partial charge in [-0.05, 0) is 78.9 Å². The summed E-state index contributed by atoms with van der Waals surface area (Å²) in [5, 5.41) is 0. The van der Waals surface area contributed by atoms with Crippen molar-refractivity contribution in [2.24, 2.45) is 28.6 Å². The molecule has 3 fully saturated rings. The molecule has 138 valence electrons. The van der Waals surface area contributed by atoms with Gasteiger partial charge < -0.3 is 4.74 Å². The van der Waals surface area contributed by atoms with E-state index in [4.69, 9.17) is 4.74 Å². The fourth-order valence-corrected chi connectivity index (χ4v) is 7.09. The van der Waals surface area contributed by atoms with E-state index in [1.807, 2.05) is 12.4 Å². The number of hydrogen-bond donors (Lipinski definition) is 0. The Balaban J connectivity index is 1.45. The number of carbonyl (C=O) groups excluding carboxylic acids is 1. The first-order chi connectivity index (χ1) is 12.5. The smallest absolute Gasteiger partial charge is 0.306 e. The highest BCUT2D eigenvalue weighted by Gasteiger charge is 2.59. The molecule has 6 atom stereocenters. The summed E-state index contributed by atoms with van der Waals surface area (Å²) in [5.74, 6) is 2.21. The molecule has 5 rings (SSSR count). The molecule has 0 radical (unpaired) electrons. The van der Waals surface area contributed by atoms with Gasteiger partial charge in [0.25, 0.3) is 0 Å². The minimum Gasteiger partial charge on any atom is -0.462 e. The molecule has 2 saturated carbocycles. The Morgan fingerprint density at radius 2 is 2.04 bits per heavy atom. The zero-order chi connectivity index (χ0) is 17.9. The molecule has 3 nitrogen and oxygen atoms in total. The van der Waals surface area contributed by atoms with Crippen LogP contribution in [0.1, 0.15) is 64.4 Å². The van der Waals surface area contributed by atoms with E-state index < -0.39 is 0 Å². The Kier molecular flexibility index (Phi) is 3.61. The molecule has 1 aromatic heterocycles. The zero-order valence-electron chi connectivity index (χ0n) is 15.9. The van der Waals surface area contributed by atoms with Crippen molar-refractivity contribution < 1.29 is 9.53 Å². The van der Waals surface area contributed by atoms with Crippen LogP contribution in [0.2, 0.25) is 0 Å². The molecule has 4 aliphatic rings. The largest absolute Gasteiger partial charge is 0.462 e. The van der Waals surface area contributed by atoms with Gasteiger partial charge in [0.2, 0.25) is 0 Å². The van der Waals surface area contributed by atoms with Gasteiger partial charge in [0.15, 0.2) is 0 Å². The maximum absolute atomic E-state index is 11.8. The highest BCUT2D eigenvalue weighted by molar-refractivity contribution is 5.72. The van der Waals surface area contributed by atoms with Gasteiger partial charge in [0.05, 0.1) is 0 Å². The molecule has 2 heterocycles. The molecule has 0 amide bonds. The minimum absolute atomic E-state index is 0.0213. The Bertz CT molecular complexity index is 757. The second-order valence-corrected chi connectivity index (χ2v) is 9.49. The molecule has 0 spiro atoms. The summed E-state index contributed by atoms with van der Waals surface area (Å²) < 4.78 is 5.81. The topological polar surface area (TPSA) is 39.2 Å². The molecular weight excluding hydrogens is 322 g/mol. The van der Waals surface area contributed by atoms with Crippen LogP contribution in [0.4, 0.5) is 0 Å². The van der Waals surface area contributed by atoms with Gasteiger partial charge in [0.1, 0.15) is 6.10 Å². The number of pyridine rings is 1. The lowest BCUT2D eigenvalue weighted by Crippen LogP contribution is -2.56. The first kappa shape index (κ1) is 16.5. The van der Waals surface area contributed by atoms with Crippen molar-refractivity contribution in [3.05, 3.63) is 36.2 Å². The maximum atomic E-state index is 11.8. The SMILES string of the molecule is CC12CCC3C(CCC4OC(=O)CCC43C)C1CC=C2c1cccnc1. The average molecular weight is 351 g/mol. The van der Waals surface area contributed by atoms with Crippen molar-refractivity contribution in [1.29, 1.82) is 0 Å². The number of fused-ring (bicyclic) bond motifs is 5. The van der Waals surface area contributed by atoms with Gasteiger partial charge >= 0.3 is 5.97 Å². The quantitative estimate of drug-likeness (QED) is 0.667. The molecular formula is C23H29NO2. The maximum Gasteiger partial charge on any atom is 0.306 e. The summed E-state index contributed by atoms with van der Waals surface area (Å²) in [6, 6.07) is 4.28. The fraction of sp³-hybridized carbons (Fsp3) is 0.652. The number of aromatic nitrogens is 1. The lowest BCUT2D eigenvalue weighted by atomic mass is 9.47. The van der Waals surface area contributed by atoms with E-state index in [9.17, 15) is 4.79 Å². The van der Waals surface area contributed by atoms with Crippen molar-refractivity contribution in [2.45, 2.75) is 64.9 Å². The molecule has 1 aromatic rings. The van der Waals surface area contributed by atoms with Gasteiger partial charge in [-0.2, -0.15) is 0 Å². The zero-order valence-corrected chi connectivity index (χ0v) is 15.9. The van der Waals surface area contributed by atoms with Crippen molar-refractivity contribution in [1.82, 2.24) is 4.98 Å². The molecule has 3 aliphatic carbocycles. The third kappa shape index (κ3) is 2.18. The average Bonchev–Trinajstić information content (AvgIpc) is 3.00. The van der Waals surface area contributed by atoms with Gasteiger partial charge in [-0.15, -0.1) is 0 Å². The van der Waals surface area contributed by atoms with E-state index in [0.717, 1.165) is 24.7 Å². The fourth-order valence-electron chi connectivity index (χ4n) is 7.09. The van der Waals surface area contributed by atoms with Gasteiger partial charge in [0, 0.05) is 24.2 Å². The van der Waals surface area contributed by atoms with Crippen LogP contribution >= 0.6 is 0 Å². The van der Waals surface area contributed by atoms with Crippen LogP contribution in [-0.4, -0.2) is 17.1 Å². The summed E-state index contributed by atoms with van der Waals surface area (Å²) in [5.41, 5.74) is 3.30. The summed E-state index contributed by atoms with van der Waals surface area (Å²) in [7, 11) is 0. The van der Waals surface area contributed by atoms with Crippen molar-refractivity contribution >= 4 is 11.5 Å². The normalized spacial score (nSPS) is 44.4. The number of esters is 1. The molecule has 26 heavy (non-hydrogen) atoms. The number of ether oxygens (including phenoxy) is 1. The van der Waals surface area contributed by atoms with Crippen LogP contribution in [0, 0.1) is 28.6 Å². The predicted octanol–water partition coefficient (Wildman–Crippen LogP) is 5.02. The van der Waals surface area contributed by atoms with E-state index >= 15 is 0 Å². The molecule has 3 heteroatoms. The predicted molar refractivity (Wildman–Crippen MR) is 101 cm³/mol. The second kappa shape index (κ2) is 5.68. The van der Waals surface area contributed by atoms with E-state index in [1.54, 1.807) is 0 Å². The van der Waals surface area contributed by atoms with Gasteiger partial charge in [-0.25, -0.2) is 0 Å². The van der Waals surface area contributed by atoms with Crippen LogP contribution < -0.4 is 0 Å². The van der Waals surface area contributed by atoms with Crippen LogP contribution in [0.15, 0.2) is 30.6 Å². The van der Waals surface area contributed by atoms with E-state index in [2.05, 4.69) is 37.0 Å². The molecule has 6 unspecified atom stereocenters. The van der Waals surface area contributed by atoms with Crippen LogP contribution in [0.5, 0.6) is 0 Å². The van der Waals surface area contributed by atoms with Gasteiger partial charge in [-0.1, -0.05) is 26.0 Å². The summed E-state index contributed by atoms with van der Waals surface area (Å²) in [6.07, 6.45) is 14.2. The van der Waals surface area contributed by atoms with Gasteiger partial charge in [-0.3, -0.25) is 9.78 Å². The Morgan fingerprint density at radius 1 is 1.15 bits per heavy atom.